The first kappa shape index (κ1) is 19.4. The Balaban J connectivity index is 1.34. The highest BCUT2D eigenvalue weighted by atomic mass is 16.5. The maximum Gasteiger partial charge on any atom is 0.253 e. The predicted molar refractivity (Wildman–Crippen MR) is 107 cm³/mol. The van der Waals surface area contributed by atoms with E-state index in [2.05, 4.69) is 22.9 Å². The van der Waals surface area contributed by atoms with Gasteiger partial charge in [-0.25, -0.2) is 0 Å². The van der Waals surface area contributed by atoms with Crippen molar-refractivity contribution in [2.45, 2.75) is 25.3 Å². The normalized spacial score (nSPS) is 25.7. The number of morpholine rings is 1. The first-order valence-electron chi connectivity index (χ1n) is 10.4. The molecule has 3 aliphatic rings. The van der Waals surface area contributed by atoms with E-state index in [-0.39, 0.29) is 5.91 Å². The zero-order valence-corrected chi connectivity index (χ0v) is 16.8. The summed E-state index contributed by atoms with van der Waals surface area (Å²) in [6.45, 7) is 7.68. The number of likely N-dealkylation sites (N-methyl/N-ethyl adjacent to an activating group) is 1. The second kappa shape index (κ2) is 8.20. The molecule has 28 heavy (non-hydrogen) atoms. The Labute approximate surface area is 167 Å². The molecule has 1 atom stereocenters. The Morgan fingerprint density at radius 2 is 2.00 bits per heavy atom. The highest BCUT2D eigenvalue weighted by molar-refractivity contribution is 5.94. The number of hydrogen-bond acceptors (Lipinski definition) is 5. The highest BCUT2D eigenvalue weighted by Crippen LogP contribution is 2.43. The van der Waals surface area contributed by atoms with Crippen molar-refractivity contribution < 1.29 is 9.53 Å². The number of ether oxygens (including phenoxy) is 1. The lowest BCUT2D eigenvalue weighted by atomic mass is 9.76. The van der Waals surface area contributed by atoms with Crippen molar-refractivity contribution >= 4 is 5.91 Å². The molecule has 150 valence electrons. The van der Waals surface area contributed by atoms with Crippen LogP contribution in [0.25, 0.3) is 0 Å². The monoisotopic (exact) mass is 382 g/mol. The molecule has 0 radical (unpaired) electrons. The number of nitrogens with zero attached hydrogens (tertiary/aromatic N) is 4. The smallest absolute Gasteiger partial charge is 0.253 e. The third-order valence-electron chi connectivity index (χ3n) is 6.80. The van der Waals surface area contributed by atoms with Gasteiger partial charge in [-0.1, -0.05) is 6.07 Å². The molecule has 6 heteroatoms. The van der Waals surface area contributed by atoms with Crippen LogP contribution >= 0.6 is 0 Å². The maximum atomic E-state index is 12.9. The van der Waals surface area contributed by atoms with E-state index in [1.54, 1.807) is 18.2 Å². The van der Waals surface area contributed by atoms with E-state index >= 15 is 0 Å². The van der Waals surface area contributed by atoms with Crippen LogP contribution in [-0.4, -0.2) is 86.2 Å². The second-order valence-electron chi connectivity index (χ2n) is 8.67. The van der Waals surface area contributed by atoms with Gasteiger partial charge in [-0.2, -0.15) is 5.26 Å². The Hall–Kier alpha value is -1.94. The van der Waals surface area contributed by atoms with Crippen LogP contribution in [0, 0.1) is 16.7 Å². The molecule has 0 saturated carbocycles. The van der Waals surface area contributed by atoms with E-state index in [0.29, 0.717) is 22.6 Å². The number of piperidine rings is 1. The SMILES string of the molecule is CN1CC2(CCN(C(=O)c3cccc(C#N)c3)CC2)CC1CN1CCOCC1. The summed E-state index contributed by atoms with van der Waals surface area (Å²) in [7, 11) is 2.25. The van der Waals surface area contributed by atoms with Crippen molar-refractivity contribution in [2.75, 3.05) is 59.5 Å². The molecule has 6 nitrogen and oxygen atoms in total. The van der Waals surface area contributed by atoms with Gasteiger partial charge in [0, 0.05) is 50.9 Å². The summed E-state index contributed by atoms with van der Waals surface area (Å²) in [6, 6.07) is 9.77. The first-order chi connectivity index (χ1) is 13.6. The van der Waals surface area contributed by atoms with Gasteiger partial charge in [-0.05, 0) is 49.9 Å². The quantitative estimate of drug-likeness (QED) is 0.798. The lowest BCUT2D eigenvalue weighted by molar-refractivity contribution is 0.0283. The number of nitriles is 1. The van der Waals surface area contributed by atoms with Gasteiger partial charge < -0.3 is 14.5 Å². The minimum Gasteiger partial charge on any atom is -0.379 e. The standard InChI is InChI=1S/C22H30N4O2/c1-24-17-22(14-20(24)16-25-9-11-28-12-10-25)5-7-26(8-6-22)21(27)19-4-2-3-18(13-19)15-23/h2-4,13,20H,5-12,14,16-17H2,1H3. The van der Waals surface area contributed by atoms with Crippen molar-refractivity contribution in [1.29, 1.82) is 5.26 Å². The lowest BCUT2D eigenvalue weighted by Crippen LogP contribution is -2.44. The molecule has 0 aromatic heterocycles. The second-order valence-corrected chi connectivity index (χ2v) is 8.67. The summed E-state index contributed by atoms with van der Waals surface area (Å²) in [5, 5.41) is 9.07. The van der Waals surface area contributed by atoms with Crippen molar-refractivity contribution in [3.63, 3.8) is 0 Å². The average Bonchev–Trinajstić information content (AvgIpc) is 3.03. The molecule has 3 aliphatic heterocycles. The molecular weight excluding hydrogens is 352 g/mol. The molecule has 3 fully saturated rings. The molecule has 3 heterocycles. The molecule has 3 saturated heterocycles. The Bertz CT molecular complexity index is 745. The Morgan fingerprint density at radius 1 is 1.25 bits per heavy atom. The molecule has 1 spiro atoms. The number of amides is 1. The Morgan fingerprint density at radius 3 is 2.71 bits per heavy atom. The minimum absolute atomic E-state index is 0.0585. The van der Waals surface area contributed by atoms with E-state index in [1.165, 1.54) is 6.42 Å². The fourth-order valence-electron chi connectivity index (χ4n) is 5.11. The summed E-state index contributed by atoms with van der Waals surface area (Å²) in [6.07, 6.45) is 3.37. The molecule has 1 unspecified atom stereocenters. The third-order valence-corrected chi connectivity index (χ3v) is 6.80. The van der Waals surface area contributed by atoms with Gasteiger partial charge >= 0.3 is 0 Å². The minimum atomic E-state index is 0.0585. The fourth-order valence-corrected chi connectivity index (χ4v) is 5.11. The fraction of sp³-hybridized carbons (Fsp3) is 0.636. The largest absolute Gasteiger partial charge is 0.379 e. The van der Waals surface area contributed by atoms with E-state index in [9.17, 15) is 4.79 Å². The average molecular weight is 383 g/mol. The van der Waals surface area contributed by atoms with Crippen LogP contribution in [0.15, 0.2) is 24.3 Å². The van der Waals surface area contributed by atoms with Gasteiger partial charge in [0.1, 0.15) is 0 Å². The molecule has 1 aromatic carbocycles. The Kier molecular flexibility index (Phi) is 5.68. The van der Waals surface area contributed by atoms with Crippen molar-refractivity contribution in [1.82, 2.24) is 14.7 Å². The van der Waals surface area contributed by atoms with Gasteiger partial charge in [-0.15, -0.1) is 0 Å². The van der Waals surface area contributed by atoms with Crippen LogP contribution in [-0.2, 0) is 4.74 Å². The van der Waals surface area contributed by atoms with Crippen molar-refractivity contribution in [3.05, 3.63) is 35.4 Å². The van der Waals surface area contributed by atoms with E-state index in [0.717, 1.165) is 65.3 Å². The summed E-state index contributed by atoms with van der Waals surface area (Å²) < 4.78 is 5.48. The van der Waals surface area contributed by atoms with Crippen LogP contribution in [0.4, 0.5) is 0 Å². The summed E-state index contributed by atoms with van der Waals surface area (Å²) in [5.74, 6) is 0.0585. The summed E-state index contributed by atoms with van der Waals surface area (Å²) in [5.41, 5.74) is 1.52. The zero-order chi connectivity index (χ0) is 19.6. The van der Waals surface area contributed by atoms with E-state index < -0.39 is 0 Å². The molecule has 0 aliphatic carbocycles. The van der Waals surface area contributed by atoms with E-state index in [4.69, 9.17) is 10.00 Å². The maximum absolute atomic E-state index is 12.9. The first-order valence-corrected chi connectivity index (χ1v) is 10.4. The number of carbonyl (C=O) groups is 1. The van der Waals surface area contributed by atoms with Crippen LogP contribution in [0.2, 0.25) is 0 Å². The molecule has 1 aromatic rings. The topological polar surface area (TPSA) is 59.8 Å². The molecule has 1 amide bonds. The van der Waals surface area contributed by atoms with Crippen molar-refractivity contribution in [3.8, 4) is 6.07 Å². The third kappa shape index (κ3) is 4.07. The number of benzene rings is 1. The van der Waals surface area contributed by atoms with Crippen LogP contribution < -0.4 is 0 Å². The summed E-state index contributed by atoms with van der Waals surface area (Å²) >= 11 is 0. The van der Waals surface area contributed by atoms with Gasteiger partial charge in [0.2, 0.25) is 0 Å². The van der Waals surface area contributed by atoms with Gasteiger partial charge in [0.05, 0.1) is 24.8 Å². The predicted octanol–water partition coefficient (Wildman–Crippen LogP) is 1.82. The van der Waals surface area contributed by atoms with E-state index in [1.807, 2.05) is 11.0 Å². The molecule has 4 rings (SSSR count). The zero-order valence-electron chi connectivity index (χ0n) is 16.8. The molecule has 0 bridgehead atoms. The lowest BCUT2D eigenvalue weighted by Gasteiger charge is -2.39. The number of carbonyl (C=O) groups excluding carboxylic acids is 1. The van der Waals surface area contributed by atoms with Crippen LogP contribution in [0.3, 0.4) is 0 Å². The number of hydrogen-bond donors (Lipinski definition) is 0. The van der Waals surface area contributed by atoms with Crippen molar-refractivity contribution in [2.24, 2.45) is 5.41 Å². The highest BCUT2D eigenvalue weighted by Gasteiger charge is 2.45. The molecular formula is C22H30N4O2. The number of rotatable bonds is 3. The van der Waals surface area contributed by atoms with Crippen LogP contribution in [0.1, 0.15) is 35.2 Å². The number of likely N-dealkylation sites (tertiary alicyclic amines) is 2. The van der Waals surface area contributed by atoms with Gasteiger partial charge in [-0.3, -0.25) is 9.69 Å². The van der Waals surface area contributed by atoms with Crippen LogP contribution in [0.5, 0.6) is 0 Å². The van der Waals surface area contributed by atoms with Gasteiger partial charge in [0.15, 0.2) is 0 Å². The van der Waals surface area contributed by atoms with Gasteiger partial charge in [0.25, 0.3) is 5.91 Å². The summed E-state index contributed by atoms with van der Waals surface area (Å²) in [4.78, 5) is 19.9. The molecule has 0 N–H and O–H groups in total.